The number of pyridine rings is 1. The Morgan fingerprint density at radius 1 is 1.50 bits per heavy atom. The summed E-state index contributed by atoms with van der Waals surface area (Å²) in [6.45, 7) is 1.42. The molecule has 0 saturated carbocycles. The molecule has 6 heteroatoms. The fourth-order valence-electron chi connectivity index (χ4n) is 2.17. The number of hydrogen-bond donors (Lipinski definition) is 1. The van der Waals surface area contributed by atoms with E-state index >= 15 is 0 Å². The highest BCUT2D eigenvalue weighted by atomic mass is 16.5. The van der Waals surface area contributed by atoms with Gasteiger partial charge >= 0.3 is 0 Å². The molecule has 1 fully saturated rings. The van der Waals surface area contributed by atoms with Crippen molar-refractivity contribution in [3.8, 4) is 0 Å². The first-order valence-electron chi connectivity index (χ1n) is 5.92. The third kappa shape index (κ3) is 1.95. The van der Waals surface area contributed by atoms with Crippen LogP contribution in [0.15, 0.2) is 28.1 Å². The van der Waals surface area contributed by atoms with Crippen molar-refractivity contribution in [2.24, 2.45) is 5.18 Å². The monoisotopic (exact) mass is 247 g/mol. The van der Waals surface area contributed by atoms with Gasteiger partial charge in [0.25, 0.3) is 0 Å². The van der Waals surface area contributed by atoms with Crippen LogP contribution >= 0.6 is 0 Å². The van der Waals surface area contributed by atoms with Gasteiger partial charge in [-0.1, -0.05) is 0 Å². The van der Waals surface area contributed by atoms with Gasteiger partial charge < -0.3 is 14.5 Å². The Morgan fingerprint density at radius 3 is 3.22 bits per heavy atom. The van der Waals surface area contributed by atoms with Gasteiger partial charge in [-0.3, -0.25) is 4.98 Å². The largest absolute Gasteiger partial charge is 0.460 e. The van der Waals surface area contributed by atoms with Gasteiger partial charge in [0.1, 0.15) is 11.2 Å². The zero-order chi connectivity index (χ0) is 12.4. The number of ether oxygens (including phenoxy) is 1. The predicted octanol–water partition coefficient (Wildman–Crippen LogP) is 2.82. The van der Waals surface area contributed by atoms with Crippen LogP contribution in [0.2, 0.25) is 0 Å². The van der Waals surface area contributed by atoms with Gasteiger partial charge in [-0.2, -0.15) is 0 Å². The molecule has 6 nitrogen and oxygen atoms in total. The van der Waals surface area contributed by atoms with Crippen LogP contribution < -0.4 is 5.32 Å². The van der Waals surface area contributed by atoms with E-state index in [1.165, 1.54) is 6.20 Å². The molecule has 0 aromatic carbocycles. The van der Waals surface area contributed by atoms with Crippen molar-refractivity contribution in [2.45, 2.75) is 18.9 Å². The second-order valence-electron chi connectivity index (χ2n) is 4.30. The van der Waals surface area contributed by atoms with E-state index in [2.05, 4.69) is 15.5 Å². The lowest BCUT2D eigenvalue weighted by atomic mass is 10.1. The molecule has 0 radical (unpaired) electrons. The van der Waals surface area contributed by atoms with E-state index in [1.54, 1.807) is 12.3 Å². The Hall–Kier alpha value is -1.95. The highest BCUT2D eigenvalue weighted by Gasteiger charge is 2.19. The molecule has 1 saturated heterocycles. The zero-order valence-electron chi connectivity index (χ0n) is 9.76. The Balaban J connectivity index is 1.97. The predicted molar refractivity (Wildman–Crippen MR) is 66.9 cm³/mol. The van der Waals surface area contributed by atoms with Gasteiger partial charge in [-0.25, -0.2) is 0 Å². The van der Waals surface area contributed by atoms with Crippen LogP contribution in [0, 0.1) is 4.91 Å². The lowest BCUT2D eigenvalue weighted by Gasteiger charge is -2.24. The topological polar surface area (TPSA) is 76.7 Å². The third-order valence-corrected chi connectivity index (χ3v) is 3.06. The Kier molecular flexibility index (Phi) is 2.93. The zero-order valence-corrected chi connectivity index (χ0v) is 9.76. The Labute approximate surface area is 103 Å². The van der Waals surface area contributed by atoms with Gasteiger partial charge in [0, 0.05) is 18.7 Å². The number of aromatic nitrogens is 1. The first-order chi connectivity index (χ1) is 8.88. The molecule has 18 heavy (non-hydrogen) atoms. The fourth-order valence-corrected chi connectivity index (χ4v) is 2.17. The number of anilines is 1. The molecule has 1 unspecified atom stereocenters. The number of nitrogens with zero attached hydrogens (tertiary/aromatic N) is 2. The first kappa shape index (κ1) is 11.2. The van der Waals surface area contributed by atoms with Gasteiger partial charge in [0.15, 0.2) is 11.3 Å². The van der Waals surface area contributed by atoms with E-state index in [4.69, 9.17) is 9.15 Å². The molecule has 2 aromatic heterocycles. The number of furan rings is 1. The van der Waals surface area contributed by atoms with Crippen LogP contribution in [0.1, 0.15) is 12.8 Å². The molecular weight excluding hydrogens is 234 g/mol. The second-order valence-corrected chi connectivity index (χ2v) is 4.30. The molecule has 1 N–H and O–H groups in total. The van der Waals surface area contributed by atoms with Gasteiger partial charge in [0.05, 0.1) is 19.1 Å². The molecule has 1 aliphatic heterocycles. The first-order valence-corrected chi connectivity index (χ1v) is 5.92. The van der Waals surface area contributed by atoms with Crippen LogP contribution in [-0.2, 0) is 4.74 Å². The summed E-state index contributed by atoms with van der Waals surface area (Å²) in [5.41, 5.74) is 2.15. The summed E-state index contributed by atoms with van der Waals surface area (Å²) >= 11 is 0. The van der Waals surface area contributed by atoms with Crippen LogP contribution in [0.5, 0.6) is 0 Å². The quantitative estimate of drug-likeness (QED) is 0.844. The Bertz CT molecular complexity index is 561. The van der Waals surface area contributed by atoms with Crippen molar-refractivity contribution in [1.29, 1.82) is 0 Å². The van der Waals surface area contributed by atoms with E-state index in [0.717, 1.165) is 19.4 Å². The summed E-state index contributed by atoms with van der Waals surface area (Å²) in [5.74, 6) is 0. The van der Waals surface area contributed by atoms with Crippen molar-refractivity contribution in [3.05, 3.63) is 23.4 Å². The van der Waals surface area contributed by atoms with E-state index in [1.807, 2.05) is 0 Å². The van der Waals surface area contributed by atoms with E-state index in [9.17, 15) is 4.91 Å². The van der Waals surface area contributed by atoms with E-state index in [0.29, 0.717) is 23.4 Å². The SMILES string of the molecule is O=Nc1cnc2ccoc2c1NC1CCCOC1. The van der Waals surface area contributed by atoms with Crippen LogP contribution in [0.4, 0.5) is 11.4 Å². The molecule has 3 rings (SSSR count). The molecule has 1 aliphatic rings. The fraction of sp³-hybridized carbons (Fsp3) is 0.417. The van der Waals surface area contributed by atoms with E-state index in [-0.39, 0.29) is 11.7 Å². The number of rotatable bonds is 3. The highest BCUT2D eigenvalue weighted by molar-refractivity contribution is 5.92. The van der Waals surface area contributed by atoms with Gasteiger partial charge in [-0.15, -0.1) is 4.91 Å². The number of hydrogen-bond acceptors (Lipinski definition) is 6. The summed E-state index contributed by atoms with van der Waals surface area (Å²) in [6.07, 6.45) is 5.02. The summed E-state index contributed by atoms with van der Waals surface area (Å²) in [7, 11) is 0. The van der Waals surface area contributed by atoms with E-state index < -0.39 is 0 Å². The molecule has 2 aromatic rings. The van der Waals surface area contributed by atoms with Gasteiger partial charge in [-0.05, 0) is 18.0 Å². The molecule has 94 valence electrons. The maximum Gasteiger partial charge on any atom is 0.177 e. The van der Waals surface area contributed by atoms with Crippen LogP contribution in [0.3, 0.4) is 0 Å². The minimum absolute atomic E-state index is 0.176. The maximum absolute atomic E-state index is 10.8. The van der Waals surface area contributed by atoms with Crippen LogP contribution in [0.25, 0.3) is 11.1 Å². The second kappa shape index (κ2) is 4.73. The molecule has 3 heterocycles. The smallest absolute Gasteiger partial charge is 0.177 e. The van der Waals surface area contributed by atoms with Gasteiger partial charge in [0.2, 0.25) is 0 Å². The summed E-state index contributed by atoms with van der Waals surface area (Å²) < 4.78 is 10.8. The molecule has 0 bridgehead atoms. The average Bonchev–Trinajstić information content (AvgIpc) is 2.89. The molecule has 0 amide bonds. The molecule has 0 aliphatic carbocycles. The number of fused-ring (bicyclic) bond motifs is 1. The van der Waals surface area contributed by atoms with Crippen molar-refractivity contribution >= 4 is 22.5 Å². The highest BCUT2D eigenvalue weighted by Crippen LogP contribution is 2.33. The minimum atomic E-state index is 0.176. The average molecular weight is 247 g/mol. The number of nitroso groups, excluding NO2 is 1. The summed E-state index contributed by atoms with van der Waals surface area (Å²) in [6, 6.07) is 1.93. The van der Waals surface area contributed by atoms with Crippen molar-refractivity contribution in [1.82, 2.24) is 4.98 Å². The molecular formula is C12H13N3O3. The lowest BCUT2D eigenvalue weighted by molar-refractivity contribution is 0.0876. The summed E-state index contributed by atoms with van der Waals surface area (Å²) in [4.78, 5) is 14.9. The van der Waals surface area contributed by atoms with Crippen molar-refractivity contribution in [3.63, 3.8) is 0 Å². The minimum Gasteiger partial charge on any atom is -0.460 e. The van der Waals surface area contributed by atoms with Crippen molar-refractivity contribution in [2.75, 3.05) is 18.5 Å². The lowest BCUT2D eigenvalue weighted by Crippen LogP contribution is -2.30. The third-order valence-electron chi connectivity index (χ3n) is 3.06. The molecule has 0 spiro atoms. The number of nitrogens with one attached hydrogen (secondary N) is 1. The van der Waals surface area contributed by atoms with Crippen molar-refractivity contribution < 1.29 is 9.15 Å². The van der Waals surface area contributed by atoms with Crippen LogP contribution in [-0.4, -0.2) is 24.2 Å². The Morgan fingerprint density at radius 2 is 2.44 bits per heavy atom. The molecule has 1 atom stereocenters. The summed E-state index contributed by atoms with van der Waals surface area (Å²) in [5, 5.41) is 6.27. The maximum atomic E-state index is 10.8. The standard InChI is InChI=1S/C12H13N3O3/c16-15-10-6-13-9-3-5-18-12(9)11(10)14-8-2-1-4-17-7-8/h3,5-6,8H,1-2,4,7H2,(H,13,14). The normalized spacial score (nSPS) is 19.9.